The van der Waals surface area contributed by atoms with Crippen LogP contribution in [0.5, 0.6) is 0 Å². The molecule has 0 saturated heterocycles. The van der Waals surface area contributed by atoms with Crippen molar-refractivity contribution in [3.05, 3.63) is 71.9 Å². The Morgan fingerprint density at radius 2 is 1.90 bits per heavy atom. The third-order valence-electron chi connectivity index (χ3n) is 4.72. The Hall–Kier alpha value is -2.08. The highest BCUT2D eigenvalue weighted by Gasteiger charge is 2.08. The minimum atomic E-state index is -0.358. The maximum atomic E-state index is 9.59. The van der Waals surface area contributed by atoms with Crippen molar-refractivity contribution < 1.29 is 5.11 Å². The van der Waals surface area contributed by atoms with Crippen LogP contribution in [-0.4, -0.2) is 29.3 Å². The summed E-state index contributed by atoms with van der Waals surface area (Å²) in [5.41, 5.74) is 4.99. The van der Waals surface area contributed by atoms with Crippen LogP contribution in [0.3, 0.4) is 0 Å². The predicted molar refractivity (Wildman–Crippen MR) is 126 cm³/mol. The van der Waals surface area contributed by atoms with Crippen LogP contribution < -0.4 is 4.83 Å². The molecule has 0 heterocycles. The molecule has 0 aliphatic carbocycles. The molecule has 2 aromatic carbocycles. The molecule has 0 saturated carbocycles. The second-order valence-corrected chi connectivity index (χ2v) is 7.75. The standard InChI is InChI=1S/C24H33N3OS/c1-20(28)17-18-24(27(25-2)26-29-3)16-9-4-6-11-21-12-10-15-23(19-21)22-13-7-5-8-14-22/h5,7-8,10,12-15,18-20,26,28H,2,4,6,9,11,16-17H2,1,3H3/b24-18-. The van der Waals surface area contributed by atoms with Crippen molar-refractivity contribution in [3.8, 4) is 11.1 Å². The average molecular weight is 412 g/mol. The van der Waals surface area contributed by atoms with Crippen molar-refractivity contribution in [1.29, 1.82) is 0 Å². The van der Waals surface area contributed by atoms with E-state index in [1.54, 1.807) is 12.0 Å². The normalized spacial score (nSPS) is 12.6. The summed E-state index contributed by atoms with van der Waals surface area (Å²) in [6, 6.07) is 19.4. The van der Waals surface area contributed by atoms with E-state index < -0.39 is 0 Å². The molecular weight excluding hydrogens is 378 g/mol. The molecule has 2 rings (SSSR count). The van der Waals surface area contributed by atoms with Crippen LogP contribution in [0, 0.1) is 0 Å². The van der Waals surface area contributed by atoms with E-state index in [1.807, 2.05) is 12.3 Å². The van der Waals surface area contributed by atoms with Crippen LogP contribution in [0.15, 0.2) is 71.5 Å². The molecule has 0 radical (unpaired) electrons. The van der Waals surface area contributed by atoms with Gasteiger partial charge in [-0.3, -0.25) is 0 Å². The molecular formula is C24H33N3OS. The number of hydrogen-bond acceptors (Lipinski definition) is 5. The quantitative estimate of drug-likeness (QED) is 0.189. The largest absolute Gasteiger partial charge is 0.393 e. The molecule has 2 aromatic rings. The Morgan fingerprint density at radius 3 is 2.59 bits per heavy atom. The van der Waals surface area contributed by atoms with Gasteiger partial charge in [0.15, 0.2) is 0 Å². The number of hydrazine groups is 1. The molecule has 0 aromatic heterocycles. The first kappa shape index (κ1) is 23.2. The highest BCUT2D eigenvalue weighted by molar-refractivity contribution is 7.96. The Kier molecular flexibility index (Phi) is 10.6. The molecule has 0 bridgehead atoms. The van der Waals surface area contributed by atoms with Gasteiger partial charge in [-0.1, -0.05) is 79.0 Å². The first-order valence-electron chi connectivity index (χ1n) is 10.2. The van der Waals surface area contributed by atoms with Gasteiger partial charge in [0.05, 0.1) is 11.8 Å². The zero-order valence-corrected chi connectivity index (χ0v) is 18.4. The summed E-state index contributed by atoms with van der Waals surface area (Å²) in [5, 5.41) is 15.3. The number of nitrogens with one attached hydrogen (secondary N) is 1. The minimum absolute atomic E-state index is 0.358. The van der Waals surface area contributed by atoms with Crippen molar-refractivity contribution in [1.82, 2.24) is 9.95 Å². The number of hydrazone groups is 1. The maximum Gasteiger partial charge on any atom is 0.0547 e. The van der Waals surface area contributed by atoms with E-state index in [4.69, 9.17) is 0 Å². The van der Waals surface area contributed by atoms with Crippen molar-refractivity contribution >= 4 is 18.7 Å². The number of aliphatic hydroxyl groups excluding tert-OH is 1. The maximum absolute atomic E-state index is 9.59. The van der Waals surface area contributed by atoms with Crippen LogP contribution in [0.25, 0.3) is 11.1 Å². The minimum Gasteiger partial charge on any atom is -0.393 e. The summed E-state index contributed by atoms with van der Waals surface area (Å²) in [6.07, 6.45) is 9.62. The fourth-order valence-electron chi connectivity index (χ4n) is 3.21. The Balaban J connectivity index is 1.84. The van der Waals surface area contributed by atoms with Crippen LogP contribution >= 0.6 is 11.9 Å². The Labute approximate surface area is 179 Å². The van der Waals surface area contributed by atoms with E-state index in [0.717, 1.165) is 37.8 Å². The molecule has 0 amide bonds. The van der Waals surface area contributed by atoms with Gasteiger partial charge in [0.25, 0.3) is 0 Å². The fraction of sp³-hybridized carbons (Fsp3) is 0.375. The van der Waals surface area contributed by atoms with Gasteiger partial charge < -0.3 is 5.11 Å². The molecule has 156 valence electrons. The van der Waals surface area contributed by atoms with Gasteiger partial charge in [-0.05, 0) is 62.0 Å². The van der Waals surface area contributed by atoms with Crippen LogP contribution in [0.2, 0.25) is 0 Å². The SMILES string of the molecule is C=NN(NSC)/C(=C\CC(C)O)CCCCCc1cccc(-c2ccccc2)c1. The van der Waals surface area contributed by atoms with E-state index in [0.29, 0.717) is 6.42 Å². The molecule has 0 aliphatic rings. The van der Waals surface area contributed by atoms with E-state index in [2.05, 4.69) is 71.2 Å². The highest BCUT2D eigenvalue weighted by atomic mass is 32.2. The first-order chi connectivity index (χ1) is 14.1. The Bertz CT molecular complexity index is 762. The second kappa shape index (κ2) is 13.2. The number of unbranched alkanes of at least 4 members (excludes halogenated alkanes) is 2. The summed E-state index contributed by atoms with van der Waals surface area (Å²) in [4.78, 5) is 3.12. The van der Waals surface area contributed by atoms with Gasteiger partial charge in [-0.25, -0.2) is 0 Å². The molecule has 5 heteroatoms. The zero-order chi connectivity index (χ0) is 20.9. The van der Waals surface area contributed by atoms with E-state index in [1.165, 1.54) is 28.6 Å². The van der Waals surface area contributed by atoms with Crippen molar-refractivity contribution in [2.24, 2.45) is 5.10 Å². The smallest absolute Gasteiger partial charge is 0.0547 e. The monoisotopic (exact) mass is 411 g/mol. The molecule has 29 heavy (non-hydrogen) atoms. The molecule has 1 unspecified atom stereocenters. The summed E-state index contributed by atoms with van der Waals surface area (Å²) < 4.78 is 0. The van der Waals surface area contributed by atoms with Gasteiger partial charge in [0.2, 0.25) is 0 Å². The van der Waals surface area contributed by atoms with Crippen LogP contribution in [-0.2, 0) is 6.42 Å². The molecule has 0 aliphatic heterocycles. The van der Waals surface area contributed by atoms with Crippen LogP contribution in [0.4, 0.5) is 0 Å². The second-order valence-electron chi connectivity index (χ2n) is 7.16. The molecule has 2 N–H and O–H groups in total. The summed E-state index contributed by atoms with van der Waals surface area (Å²) in [6.45, 7) is 5.44. The fourth-order valence-corrected chi connectivity index (χ4v) is 3.56. The molecule has 4 nitrogen and oxygen atoms in total. The number of nitrogens with zero attached hydrogens (tertiary/aromatic N) is 2. The number of rotatable bonds is 13. The first-order valence-corrected chi connectivity index (χ1v) is 11.4. The average Bonchev–Trinajstić information content (AvgIpc) is 2.75. The lowest BCUT2D eigenvalue weighted by atomic mass is 10.00. The number of aliphatic hydroxyl groups is 1. The lowest BCUT2D eigenvalue weighted by molar-refractivity contribution is 0.196. The topological polar surface area (TPSA) is 47.9 Å². The van der Waals surface area contributed by atoms with Crippen molar-refractivity contribution in [3.63, 3.8) is 0 Å². The summed E-state index contributed by atoms with van der Waals surface area (Å²) in [5.74, 6) is 0. The summed E-state index contributed by atoms with van der Waals surface area (Å²) in [7, 11) is 0. The Morgan fingerprint density at radius 1 is 1.14 bits per heavy atom. The van der Waals surface area contributed by atoms with Crippen molar-refractivity contribution in [2.75, 3.05) is 6.26 Å². The van der Waals surface area contributed by atoms with Gasteiger partial charge in [0.1, 0.15) is 0 Å². The van der Waals surface area contributed by atoms with Gasteiger partial charge in [-0.2, -0.15) is 15.1 Å². The van der Waals surface area contributed by atoms with E-state index in [-0.39, 0.29) is 6.10 Å². The summed E-state index contributed by atoms with van der Waals surface area (Å²) >= 11 is 1.48. The highest BCUT2D eigenvalue weighted by Crippen LogP contribution is 2.21. The number of hydrogen-bond donors (Lipinski definition) is 2. The number of allylic oxidation sites excluding steroid dienone is 1. The van der Waals surface area contributed by atoms with Crippen molar-refractivity contribution in [2.45, 2.75) is 51.6 Å². The predicted octanol–water partition coefficient (Wildman–Crippen LogP) is 5.81. The third kappa shape index (κ3) is 8.44. The number of aryl methyl sites for hydroxylation is 1. The molecule has 0 fully saturated rings. The molecule has 1 atom stereocenters. The van der Waals surface area contributed by atoms with E-state index in [9.17, 15) is 5.11 Å². The number of benzene rings is 2. The zero-order valence-electron chi connectivity index (χ0n) is 17.6. The van der Waals surface area contributed by atoms with E-state index >= 15 is 0 Å². The van der Waals surface area contributed by atoms with Crippen LogP contribution in [0.1, 0.15) is 44.6 Å². The lowest BCUT2D eigenvalue weighted by Crippen LogP contribution is -2.27. The third-order valence-corrected chi connectivity index (χ3v) is 5.07. The molecule has 0 spiro atoms. The lowest BCUT2D eigenvalue weighted by Gasteiger charge is -2.21. The van der Waals surface area contributed by atoms with Gasteiger partial charge in [0, 0.05) is 6.72 Å². The van der Waals surface area contributed by atoms with Gasteiger partial charge in [-0.15, -0.1) is 0 Å². The van der Waals surface area contributed by atoms with Gasteiger partial charge >= 0.3 is 0 Å².